The molecule has 0 spiro atoms. The van der Waals surface area contributed by atoms with E-state index >= 15 is 0 Å². The molecule has 3 aromatic rings. The second kappa shape index (κ2) is 6.41. The molecule has 0 atom stereocenters. The molecule has 0 aliphatic rings. The van der Waals surface area contributed by atoms with Gasteiger partial charge in [-0.25, -0.2) is 4.79 Å². The number of hydrogen-bond acceptors (Lipinski definition) is 4. The lowest BCUT2D eigenvalue weighted by atomic mass is 10.1. The van der Waals surface area contributed by atoms with E-state index < -0.39 is 5.76 Å². The molecule has 0 fully saturated rings. The Morgan fingerprint density at radius 3 is 2.79 bits per heavy atom. The largest absolute Gasteiger partial charge is 0.495 e. The van der Waals surface area contributed by atoms with E-state index in [2.05, 4.69) is 5.32 Å². The fraction of sp³-hybridized carbons (Fsp3) is 0.176. The lowest BCUT2D eigenvalue weighted by molar-refractivity contribution is -0.115. The van der Waals surface area contributed by atoms with Crippen LogP contribution in [0, 0.1) is 0 Å². The number of anilines is 1. The molecule has 7 heteroatoms. The summed E-state index contributed by atoms with van der Waals surface area (Å²) < 4.78 is 11.5. The third-order valence-corrected chi connectivity index (χ3v) is 3.95. The minimum absolute atomic E-state index is 0.166. The molecule has 24 heavy (non-hydrogen) atoms. The number of aromatic nitrogens is 1. The van der Waals surface area contributed by atoms with E-state index in [0.29, 0.717) is 27.6 Å². The number of oxazole rings is 1. The Morgan fingerprint density at radius 1 is 1.29 bits per heavy atom. The van der Waals surface area contributed by atoms with Gasteiger partial charge in [-0.3, -0.25) is 9.36 Å². The fourth-order valence-electron chi connectivity index (χ4n) is 2.42. The highest BCUT2D eigenvalue weighted by Gasteiger charge is 2.10. The molecule has 1 heterocycles. The Morgan fingerprint density at radius 2 is 2.08 bits per heavy atom. The normalized spacial score (nSPS) is 10.8. The smallest absolute Gasteiger partial charge is 0.419 e. The summed E-state index contributed by atoms with van der Waals surface area (Å²) in [6.45, 7) is 0. The number of ether oxygens (including phenoxy) is 1. The SMILES string of the molecule is COc1ccc(NC(=O)Cc2ccc3oc(=O)n(C)c3c2)cc1Cl. The van der Waals surface area contributed by atoms with Crippen molar-refractivity contribution in [1.82, 2.24) is 4.57 Å². The van der Waals surface area contributed by atoms with Gasteiger partial charge in [-0.15, -0.1) is 0 Å². The number of methoxy groups -OCH3 is 1. The third-order valence-electron chi connectivity index (χ3n) is 3.66. The molecular formula is C17H15ClN2O4. The second-order valence-corrected chi connectivity index (χ2v) is 5.71. The highest BCUT2D eigenvalue weighted by Crippen LogP contribution is 2.27. The number of nitrogens with zero attached hydrogens (tertiary/aromatic N) is 1. The van der Waals surface area contributed by atoms with Crippen molar-refractivity contribution in [2.24, 2.45) is 7.05 Å². The lowest BCUT2D eigenvalue weighted by Gasteiger charge is -2.08. The molecule has 0 saturated carbocycles. The van der Waals surface area contributed by atoms with Crippen molar-refractivity contribution in [1.29, 1.82) is 0 Å². The molecule has 0 aliphatic carbocycles. The van der Waals surface area contributed by atoms with Crippen LogP contribution in [0.1, 0.15) is 5.56 Å². The predicted molar refractivity (Wildman–Crippen MR) is 91.8 cm³/mol. The third kappa shape index (κ3) is 3.14. The fourth-order valence-corrected chi connectivity index (χ4v) is 2.67. The van der Waals surface area contributed by atoms with Crippen molar-refractivity contribution in [2.75, 3.05) is 12.4 Å². The van der Waals surface area contributed by atoms with E-state index in [1.807, 2.05) is 0 Å². The van der Waals surface area contributed by atoms with Crippen LogP contribution < -0.4 is 15.8 Å². The Bertz CT molecular complexity index is 974. The zero-order valence-corrected chi connectivity index (χ0v) is 13.9. The molecule has 0 aliphatic heterocycles. The predicted octanol–water partition coefficient (Wildman–Crippen LogP) is 2.97. The van der Waals surface area contributed by atoms with Gasteiger partial charge in [0, 0.05) is 12.7 Å². The van der Waals surface area contributed by atoms with Crippen LogP contribution >= 0.6 is 11.6 Å². The number of nitrogens with one attached hydrogen (secondary N) is 1. The number of halogens is 1. The van der Waals surface area contributed by atoms with E-state index in [1.54, 1.807) is 43.4 Å². The molecule has 6 nitrogen and oxygen atoms in total. The summed E-state index contributed by atoms with van der Waals surface area (Å²) >= 11 is 6.04. The molecule has 1 amide bonds. The standard InChI is InChI=1S/C17H15ClN2O4/c1-20-13-7-10(3-5-15(13)24-17(20)22)8-16(21)19-11-4-6-14(23-2)12(18)9-11/h3-7,9H,8H2,1-2H3,(H,19,21). The molecule has 0 unspecified atom stereocenters. The molecule has 1 N–H and O–H groups in total. The van der Waals surface area contributed by atoms with Gasteiger partial charge in [0.15, 0.2) is 5.58 Å². The average molecular weight is 347 g/mol. The zero-order chi connectivity index (χ0) is 17.3. The van der Waals surface area contributed by atoms with Crippen molar-refractivity contribution in [3.8, 4) is 5.75 Å². The van der Waals surface area contributed by atoms with E-state index in [0.717, 1.165) is 5.56 Å². The lowest BCUT2D eigenvalue weighted by Crippen LogP contribution is -2.14. The second-order valence-electron chi connectivity index (χ2n) is 5.30. The summed E-state index contributed by atoms with van der Waals surface area (Å²) in [4.78, 5) is 23.7. The number of hydrogen-bond donors (Lipinski definition) is 1. The maximum atomic E-state index is 12.2. The van der Waals surface area contributed by atoms with E-state index in [4.69, 9.17) is 20.8 Å². The Hall–Kier alpha value is -2.73. The number of carbonyl (C=O) groups excluding carboxylic acids is 1. The molecular weight excluding hydrogens is 332 g/mol. The van der Waals surface area contributed by atoms with Gasteiger partial charge in [-0.05, 0) is 35.9 Å². The van der Waals surface area contributed by atoms with E-state index in [9.17, 15) is 9.59 Å². The summed E-state index contributed by atoms with van der Waals surface area (Å²) in [6, 6.07) is 10.2. The topological polar surface area (TPSA) is 73.5 Å². The zero-order valence-electron chi connectivity index (χ0n) is 13.1. The maximum Gasteiger partial charge on any atom is 0.419 e. The molecule has 1 aromatic heterocycles. The quantitative estimate of drug-likeness (QED) is 0.788. The van der Waals surface area contributed by atoms with Crippen molar-refractivity contribution < 1.29 is 13.9 Å². The Kier molecular flexibility index (Phi) is 4.31. The number of rotatable bonds is 4. The van der Waals surface area contributed by atoms with Crippen LogP contribution in [-0.4, -0.2) is 17.6 Å². The monoisotopic (exact) mass is 346 g/mol. The van der Waals surface area contributed by atoms with Crippen molar-refractivity contribution >= 4 is 34.3 Å². The van der Waals surface area contributed by atoms with Crippen LogP contribution in [0.15, 0.2) is 45.6 Å². The Balaban J connectivity index is 1.76. The number of amides is 1. The maximum absolute atomic E-state index is 12.2. The molecule has 0 saturated heterocycles. The van der Waals surface area contributed by atoms with Crippen molar-refractivity contribution in [3.05, 3.63) is 57.5 Å². The van der Waals surface area contributed by atoms with E-state index in [-0.39, 0.29) is 12.3 Å². The highest BCUT2D eigenvalue weighted by atomic mass is 35.5. The summed E-state index contributed by atoms with van der Waals surface area (Å²) in [6.07, 6.45) is 0.166. The summed E-state index contributed by atoms with van der Waals surface area (Å²) in [7, 11) is 3.15. The summed E-state index contributed by atoms with van der Waals surface area (Å²) in [5, 5.41) is 3.20. The van der Waals surface area contributed by atoms with Gasteiger partial charge in [-0.2, -0.15) is 0 Å². The first-order valence-electron chi connectivity index (χ1n) is 7.20. The number of aryl methyl sites for hydroxylation is 1. The minimum atomic E-state index is -0.431. The van der Waals surface area contributed by atoms with Crippen LogP contribution in [0.2, 0.25) is 5.02 Å². The van der Waals surface area contributed by atoms with Gasteiger partial charge in [0.05, 0.1) is 24.1 Å². The van der Waals surface area contributed by atoms with Crippen LogP contribution in [-0.2, 0) is 18.3 Å². The Labute approximate surface area is 142 Å². The highest BCUT2D eigenvalue weighted by molar-refractivity contribution is 6.32. The molecule has 0 bridgehead atoms. The van der Waals surface area contributed by atoms with Crippen molar-refractivity contribution in [3.63, 3.8) is 0 Å². The molecule has 124 valence electrons. The summed E-state index contributed by atoms with van der Waals surface area (Å²) in [5.41, 5.74) is 2.50. The average Bonchev–Trinajstić information content (AvgIpc) is 2.82. The van der Waals surface area contributed by atoms with Crippen molar-refractivity contribution in [2.45, 2.75) is 6.42 Å². The molecule has 2 aromatic carbocycles. The van der Waals surface area contributed by atoms with Gasteiger partial charge < -0.3 is 14.5 Å². The van der Waals surface area contributed by atoms with Gasteiger partial charge >= 0.3 is 5.76 Å². The molecule has 3 rings (SSSR count). The first-order valence-corrected chi connectivity index (χ1v) is 7.57. The van der Waals surface area contributed by atoms with Gasteiger partial charge in [0.2, 0.25) is 5.91 Å². The van der Waals surface area contributed by atoms with E-state index in [1.165, 1.54) is 11.7 Å². The first-order chi connectivity index (χ1) is 11.5. The van der Waals surface area contributed by atoms with Gasteiger partial charge in [0.1, 0.15) is 5.75 Å². The number of fused-ring (bicyclic) bond motifs is 1. The summed E-state index contributed by atoms with van der Waals surface area (Å²) in [5.74, 6) is -0.0791. The minimum Gasteiger partial charge on any atom is -0.495 e. The van der Waals surface area contributed by atoms with Crippen LogP contribution in [0.4, 0.5) is 5.69 Å². The van der Waals surface area contributed by atoms with Crippen LogP contribution in [0.25, 0.3) is 11.1 Å². The van der Waals surface area contributed by atoms with Gasteiger partial charge in [0.25, 0.3) is 0 Å². The first kappa shape index (κ1) is 16.1. The number of carbonyl (C=O) groups is 1. The van der Waals surface area contributed by atoms with Gasteiger partial charge in [-0.1, -0.05) is 17.7 Å². The van der Waals surface area contributed by atoms with Crippen LogP contribution in [0.3, 0.4) is 0 Å². The number of benzene rings is 2. The molecule has 0 radical (unpaired) electrons. The van der Waals surface area contributed by atoms with Crippen LogP contribution in [0.5, 0.6) is 5.75 Å².